The summed E-state index contributed by atoms with van der Waals surface area (Å²) >= 11 is 3.39. The van der Waals surface area contributed by atoms with Crippen molar-refractivity contribution in [1.82, 2.24) is 14.8 Å². The molecule has 6 heteroatoms. The molecule has 0 bridgehead atoms. The van der Waals surface area contributed by atoms with Gasteiger partial charge in [0, 0.05) is 17.7 Å². The number of rotatable bonds is 3. The van der Waals surface area contributed by atoms with Crippen molar-refractivity contribution in [2.24, 2.45) is 0 Å². The van der Waals surface area contributed by atoms with Gasteiger partial charge in [0.25, 0.3) is 5.91 Å². The van der Waals surface area contributed by atoms with E-state index >= 15 is 0 Å². The van der Waals surface area contributed by atoms with Crippen LogP contribution in [0.3, 0.4) is 0 Å². The zero-order chi connectivity index (χ0) is 13.1. The Labute approximate surface area is 113 Å². The number of hydrogen-bond donors (Lipinski definition) is 0. The number of aromatic nitrogens is 2. The standard InChI is InChI=1S/C12H12BrN3O2/c1-15(18-2)12(17)11-6-7-16(14-11)10-5-3-4-9(13)8-10/h3-8H,1-2H3. The first kappa shape index (κ1) is 12.8. The van der Waals surface area contributed by atoms with Gasteiger partial charge in [-0.3, -0.25) is 9.63 Å². The average molecular weight is 310 g/mol. The second kappa shape index (κ2) is 5.32. The number of carbonyl (C=O) groups is 1. The summed E-state index contributed by atoms with van der Waals surface area (Å²) in [5.74, 6) is -0.286. The van der Waals surface area contributed by atoms with Crippen LogP contribution in [0.25, 0.3) is 5.69 Å². The molecule has 1 aromatic heterocycles. The Morgan fingerprint density at radius 2 is 2.22 bits per heavy atom. The van der Waals surface area contributed by atoms with Crippen LogP contribution in [0.2, 0.25) is 0 Å². The van der Waals surface area contributed by atoms with Crippen LogP contribution in [-0.4, -0.2) is 34.9 Å². The van der Waals surface area contributed by atoms with Crippen LogP contribution in [0, 0.1) is 0 Å². The van der Waals surface area contributed by atoms with Gasteiger partial charge in [0.05, 0.1) is 12.8 Å². The molecule has 2 rings (SSSR count). The molecule has 1 aromatic carbocycles. The Hall–Kier alpha value is -1.66. The van der Waals surface area contributed by atoms with Gasteiger partial charge in [-0.2, -0.15) is 5.10 Å². The van der Waals surface area contributed by atoms with Crippen molar-refractivity contribution in [3.05, 3.63) is 46.7 Å². The van der Waals surface area contributed by atoms with Crippen molar-refractivity contribution < 1.29 is 9.63 Å². The lowest BCUT2D eigenvalue weighted by Gasteiger charge is -2.11. The van der Waals surface area contributed by atoms with Crippen LogP contribution in [0.1, 0.15) is 10.5 Å². The zero-order valence-corrected chi connectivity index (χ0v) is 11.6. The Bertz CT molecular complexity index is 568. The summed E-state index contributed by atoms with van der Waals surface area (Å²) < 4.78 is 2.60. The minimum absolute atomic E-state index is 0.286. The molecule has 0 atom stereocenters. The normalized spacial score (nSPS) is 10.4. The molecular weight excluding hydrogens is 298 g/mol. The first-order chi connectivity index (χ1) is 8.61. The molecule has 0 aliphatic heterocycles. The maximum absolute atomic E-state index is 11.8. The van der Waals surface area contributed by atoms with Crippen LogP contribution < -0.4 is 0 Å². The van der Waals surface area contributed by atoms with Crippen molar-refractivity contribution in [3.8, 4) is 5.69 Å². The Kier molecular flexibility index (Phi) is 3.78. The van der Waals surface area contributed by atoms with Crippen LogP contribution in [0.5, 0.6) is 0 Å². The smallest absolute Gasteiger partial charge is 0.274 e. The lowest BCUT2D eigenvalue weighted by Crippen LogP contribution is -2.25. The Morgan fingerprint density at radius 1 is 1.44 bits per heavy atom. The highest BCUT2D eigenvalue weighted by atomic mass is 79.9. The third kappa shape index (κ3) is 2.60. The largest absolute Gasteiger partial charge is 0.297 e. The summed E-state index contributed by atoms with van der Waals surface area (Å²) in [6.07, 6.45) is 1.73. The molecule has 0 unspecified atom stereocenters. The molecule has 0 aliphatic carbocycles. The number of benzene rings is 1. The number of amides is 1. The highest BCUT2D eigenvalue weighted by Crippen LogP contribution is 2.15. The molecule has 0 N–H and O–H groups in total. The van der Waals surface area contributed by atoms with Crippen molar-refractivity contribution in [1.29, 1.82) is 0 Å². The molecule has 0 fully saturated rings. The zero-order valence-electron chi connectivity index (χ0n) is 10.0. The van der Waals surface area contributed by atoms with Crippen molar-refractivity contribution >= 4 is 21.8 Å². The lowest BCUT2D eigenvalue weighted by atomic mass is 10.3. The van der Waals surface area contributed by atoms with E-state index in [0.717, 1.165) is 15.2 Å². The van der Waals surface area contributed by atoms with Crippen molar-refractivity contribution in [3.63, 3.8) is 0 Å². The number of nitrogens with zero attached hydrogens (tertiary/aromatic N) is 3. The lowest BCUT2D eigenvalue weighted by molar-refractivity contribution is -0.0760. The fraction of sp³-hybridized carbons (Fsp3) is 0.167. The molecule has 1 heterocycles. The van der Waals surface area contributed by atoms with E-state index in [1.165, 1.54) is 7.11 Å². The first-order valence-corrected chi connectivity index (χ1v) is 6.05. The summed E-state index contributed by atoms with van der Waals surface area (Å²) in [7, 11) is 2.98. The van der Waals surface area contributed by atoms with Gasteiger partial charge in [0.1, 0.15) is 0 Å². The van der Waals surface area contributed by atoms with Gasteiger partial charge in [0.2, 0.25) is 0 Å². The first-order valence-electron chi connectivity index (χ1n) is 5.25. The van der Waals surface area contributed by atoms with E-state index in [4.69, 9.17) is 4.84 Å². The highest BCUT2D eigenvalue weighted by molar-refractivity contribution is 9.10. The number of halogens is 1. The summed E-state index contributed by atoms with van der Waals surface area (Å²) in [5, 5.41) is 5.35. The van der Waals surface area contributed by atoms with E-state index in [1.807, 2.05) is 24.3 Å². The predicted molar refractivity (Wildman–Crippen MR) is 70.4 cm³/mol. The Balaban J connectivity index is 2.28. The van der Waals surface area contributed by atoms with Gasteiger partial charge in [0.15, 0.2) is 5.69 Å². The van der Waals surface area contributed by atoms with Gasteiger partial charge in [-0.05, 0) is 24.3 Å². The average Bonchev–Trinajstić information content (AvgIpc) is 2.86. The summed E-state index contributed by atoms with van der Waals surface area (Å²) in [6, 6.07) is 9.31. The Morgan fingerprint density at radius 3 is 2.89 bits per heavy atom. The second-order valence-electron chi connectivity index (χ2n) is 3.61. The van der Waals surface area contributed by atoms with Gasteiger partial charge in [-0.15, -0.1) is 0 Å². The van der Waals surface area contributed by atoms with E-state index in [0.29, 0.717) is 5.69 Å². The van der Waals surface area contributed by atoms with E-state index in [9.17, 15) is 4.79 Å². The topological polar surface area (TPSA) is 47.4 Å². The summed E-state index contributed by atoms with van der Waals surface area (Å²) in [6.45, 7) is 0. The minimum Gasteiger partial charge on any atom is -0.274 e. The monoisotopic (exact) mass is 309 g/mol. The molecule has 0 aliphatic rings. The van der Waals surface area contributed by atoms with Crippen LogP contribution in [0.4, 0.5) is 0 Å². The summed E-state index contributed by atoms with van der Waals surface area (Å²) in [4.78, 5) is 16.6. The number of carbonyl (C=O) groups excluding carboxylic acids is 1. The SMILES string of the molecule is CON(C)C(=O)c1ccn(-c2cccc(Br)c2)n1. The van der Waals surface area contributed by atoms with Crippen LogP contribution >= 0.6 is 15.9 Å². The van der Waals surface area contributed by atoms with Crippen molar-refractivity contribution in [2.75, 3.05) is 14.2 Å². The third-order valence-electron chi connectivity index (χ3n) is 2.44. The highest BCUT2D eigenvalue weighted by Gasteiger charge is 2.14. The molecule has 94 valence electrons. The number of hydroxylamine groups is 2. The van der Waals surface area contributed by atoms with E-state index < -0.39 is 0 Å². The fourth-order valence-corrected chi connectivity index (χ4v) is 1.83. The maximum Gasteiger partial charge on any atom is 0.297 e. The fourth-order valence-electron chi connectivity index (χ4n) is 1.44. The third-order valence-corrected chi connectivity index (χ3v) is 2.93. The van der Waals surface area contributed by atoms with Gasteiger partial charge >= 0.3 is 0 Å². The second-order valence-corrected chi connectivity index (χ2v) is 4.53. The molecule has 0 spiro atoms. The quantitative estimate of drug-likeness (QED) is 0.817. The minimum atomic E-state index is -0.286. The molecule has 5 nitrogen and oxygen atoms in total. The summed E-state index contributed by atoms with van der Waals surface area (Å²) in [5.41, 5.74) is 1.21. The van der Waals surface area contributed by atoms with E-state index in [1.54, 1.807) is 24.0 Å². The van der Waals surface area contributed by atoms with Gasteiger partial charge < -0.3 is 0 Å². The molecule has 0 saturated heterocycles. The van der Waals surface area contributed by atoms with Crippen LogP contribution in [0.15, 0.2) is 41.0 Å². The van der Waals surface area contributed by atoms with E-state index in [-0.39, 0.29) is 5.91 Å². The number of hydrogen-bond acceptors (Lipinski definition) is 3. The van der Waals surface area contributed by atoms with Gasteiger partial charge in [-0.25, -0.2) is 9.75 Å². The molecule has 0 radical (unpaired) electrons. The van der Waals surface area contributed by atoms with E-state index in [2.05, 4.69) is 21.0 Å². The van der Waals surface area contributed by atoms with Gasteiger partial charge in [-0.1, -0.05) is 22.0 Å². The van der Waals surface area contributed by atoms with Crippen molar-refractivity contribution in [2.45, 2.75) is 0 Å². The van der Waals surface area contributed by atoms with Crippen LogP contribution in [-0.2, 0) is 4.84 Å². The molecule has 2 aromatic rings. The molecular formula is C12H12BrN3O2. The molecule has 0 saturated carbocycles. The molecule has 1 amide bonds. The maximum atomic E-state index is 11.8. The predicted octanol–water partition coefficient (Wildman–Crippen LogP) is 2.27. The molecule has 18 heavy (non-hydrogen) atoms.